The summed E-state index contributed by atoms with van der Waals surface area (Å²) in [6.45, 7) is 8.88. The Labute approximate surface area is 169 Å². The lowest BCUT2D eigenvalue weighted by atomic mass is 9.89. The average molecular weight is 400 g/mol. The van der Waals surface area contributed by atoms with E-state index >= 15 is 4.39 Å². The van der Waals surface area contributed by atoms with Crippen LogP contribution < -0.4 is 0 Å². The number of halogens is 2. The highest BCUT2D eigenvalue weighted by molar-refractivity contribution is 6.29. The molecule has 0 bridgehead atoms. The highest BCUT2D eigenvalue weighted by Crippen LogP contribution is 2.38. The molecule has 1 aromatic carbocycles. The van der Waals surface area contributed by atoms with Gasteiger partial charge < -0.3 is 9.30 Å². The van der Waals surface area contributed by atoms with Crippen molar-refractivity contribution in [2.45, 2.75) is 46.8 Å². The number of rotatable bonds is 6. The molecule has 4 nitrogen and oxygen atoms in total. The quantitative estimate of drug-likeness (QED) is 0.385. The standard InChI is InChI=1S/C22H23ClFN3O/c1-5-8-28-12-27-15(4)13(2)21-20(18(24)9-17(10-25)22(21)27)14(3)16-6-7-19(23)26-11-16/h6-7,9,11,14H,5,8,12H2,1-4H3. The van der Waals surface area contributed by atoms with E-state index in [1.807, 2.05) is 38.3 Å². The van der Waals surface area contributed by atoms with Crippen molar-refractivity contribution in [2.75, 3.05) is 6.61 Å². The van der Waals surface area contributed by atoms with Gasteiger partial charge in [0.25, 0.3) is 0 Å². The Morgan fingerprint density at radius 3 is 2.71 bits per heavy atom. The fourth-order valence-corrected chi connectivity index (χ4v) is 3.76. The van der Waals surface area contributed by atoms with Crippen LogP contribution in [0.2, 0.25) is 5.15 Å². The lowest BCUT2D eigenvalue weighted by Crippen LogP contribution is -2.07. The molecule has 146 valence electrons. The van der Waals surface area contributed by atoms with Crippen LogP contribution in [0.1, 0.15) is 54.1 Å². The first-order valence-electron chi connectivity index (χ1n) is 9.31. The summed E-state index contributed by atoms with van der Waals surface area (Å²) in [6, 6.07) is 7.03. The highest BCUT2D eigenvalue weighted by Gasteiger charge is 2.25. The second-order valence-corrected chi connectivity index (χ2v) is 7.35. The monoisotopic (exact) mass is 399 g/mol. The predicted octanol–water partition coefficient (Wildman–Crippen LogP) is 5.85. The summed E-state index contributed by atoms with van der Waals surface area (Å²) in [5.41, 5.74) is 4.38. The minimum atomic E-state index is -0.388. The number of nitrogens with zero attached hydrogens (tertiary/aromatic N) is 3. The number of nitriles is 1. The van der Waals surface area contributed by atoms with Gasteiger partial charge in [-0.2, -0.15) is 5.26 Å². The van der Waals surface area contributed by atoms with Crippen molar-refractivity contribution in [1.82, 2.24) is 9.55 Å². The van der Waals surface area contributed by atoms with E-state index in [4.69, 9.17) is 16.3 Å². The third kappa shape index (κ3) is 3.50. The summed E-state index contributed by atoms with van der Waals surface area (Å²) in [5.74, 6) is -0.633. The second-order valence-electron chi connectivity index (χ2n) is 6.97. The third-order valence-corrected chi connectivity index (χ3v) is 5.48. The van der Waals surface area contributed by atoms with Gasteiger partial charge in [0.2, 0.25) is 0 Å². The van der Waals surface area contributed by atoms with Crippen LogP contribution in [0.15, 0.2) is 24.4 Å². The Morgan fingerprint density at radius 1 is 1.36 bits per heavy atom. The van der Waals surface area contributed by atoms with Crippen LogP contribution in [0, 0.1) is 31.0 Å². The van der Waals surface area contributed by atoms with Gasteiger partial charge in [-0.1, -0.05) is 31.5 Å². The maximum atomic E-state index is 15.2. The van der Waals surface area contributed by atoms with Gasteiger partial charge in [0.15, 0.2) is 0 Å². The van der Waals surface area contributed by atoms with Gasteiger partial charge in [-0.3, -0.25) is 0 Å². The summed E-state index contributed by atoms with van der Waals surface area (Å²) >= 11 is 5.90. The number of aryl methyl sites for hydroxylation is 1. The molecule has 3 aromatic rings. The van der Waals surface area contributed by atoms with Gasteiger partial charge >= 0.3 is 0 Å². The van der Waals surface area contributed by atoms with Crippen LogP contribution in [0.5, 0.6) is 0 Å². The van der Waals surface area contributed by atoms with Crippen molar-refractivity contribution in [3.63, 3.8) is 0 Å². The van der Waals surface area contributed by atoms with Crippen molar-refractivity contribution in [2.24, 2.45) is 0 Å². The van der Waals surface area contributed by atoms with Crippen molar-refractivity contribution in [1.29, 1.82) is 5.26 Å². The molecule has 0 aliphatic rings. The number of hydrogen-bond donors (Lipinski definition) is 0. The van der Waals surface area contributed by atoms with E-state index in [1.165, 1.54) is 6.07 Å². The maximum absolute atomic E-state index is 15.2. The Morgan fingerprint density at radius 2 is 2.11 bits per heavy atom. The van der Waals surface area contributed by atoms with E-state index < -0.39 is 0 Å². The van der Waals surface area contributed by atoms with Gasteiger partial charge in [0.05, 0.1) is 11.1 Å². The number of hydrogen-bond acceptors (Lipinski definition) is 3. The van der Waals surface area contributed by atoms with Crippen LogP contribution in [-0.4, -0.2) is 16.2 Å². The normalized spacial score (nSPS) is 12.3. The Hall–Kier alpha value is -2.42. The third-order valence-electron chi connectivity index (χ3n) is 5.25. The van der Waals surface area contributed by atoms with Crippen LogP contribution in [0.25, 0.3) is 10.9 Å². The van der Waals surface area contributed by atoms with Crippen molar-refractivity contribution < 1.29 is 9.13 Å². The van der Waals surface area contributed by atoms with Crippen molar-refractivity contribution in [3.8, 4) is 6.07 Å². The zero-order valence-electron chi connectivity index (χ0n) is 16.5. The van der Waals surface area contributed by atoms with E-state index in [2.05, 4.69) is 11.1 Å². The number of benzene rings is 1. The average Bonchev–Trinajstić information content (AvgIpc) is 2.93. The molecule has 0 spiro atoms. The van der Waals surface area contributed by atoms with Gasteiger partial charge in [-0.25, -0.2) is 9.37 Å². The summed E-state index contributed by atoms with van der Waals surface area (Å²) in [6.07, 6.45) is 2.57. The van der Waals surface area contributed by atoms with Gasteiger partial charge in [0, 0.05) is 35.4 Å². The molecule has 0 N–H and O–H groups in total. The minimum Gasteiger partial charge on any atom is -0.361 e. The molecule has 3 rings (SSSR count). The molecule has 28 heavy (non-hydrogen) atoms. The fourth-order valence-electron chi connectivity index (χ4n) is 3.65. The number of aromatic nitrogens is 2. The number of pyridine rings is 1. The van der Waals surface area contributed by atoms with Crippen LogP contribution in [0.4, 0.5) is 4.39 Å². The van der Waals surface area contributed by atoms with Gasteiger partial charge in [-0.05, 0) is 43.5 Å². The molecule has 0 aliphatic heterocycles. The molecule has 0 saturated heterocycles. The first-order chi connectivity index (χ1) is 13.4. The largest absolute Gasteiger partial charge is 0.361 e. The van der Waals surface area contributed by atoms with Crippen LogP contribution >= 0.6 is 11.6 Å². The zero-order valence-corrected chi connectivity index (χ0v) is 17.3. The van der Waals surface area contributed by atoms with E-state index in [0.717, 1.165) is 34.1 Å². The van der Waals surface area contributed by atoms with Gasteiger partial charge in [0.1, 0.15) is 23.8 Å². The second kappa shape index (κ2) is 8.30. The molecule has 1 unspecified atom stereocenters. The van der Waals surface area contributed by atoms with Gasteiger partial charge in [-0.15, -0.1) is 0 Å². The molecule has 0 radical (unpaired) electrons. The van der Waals surface area contributed by atoms with E-state index in [-0.39, 0.29) is 11.7 Å². The van der Waals surface area contributed by atoms with Crippen LogP contribution in [0.3, 0.4) is 0 Å². The number of fused-ring (bicyclic) bond motifs is 1. The molecule has 0 aliphatic carbocycles. The topological polar surface area (TPSA) is 50.8 Å². The molecule has 0 amide bonds. The molecular weight excluding hydrogens is 377 g/mol. The van der Waals surface area contributed by atoms with Crippen LogP contribution in [-0.2, 0) is 11.5 Å². The summed E-state index contributed by atoms with van der Waals surface area (Å²) in [5, 5.41) is 10.8. The Kier molecular flexibility index (Phi) is 6.02. The molecule has 2 heterocycles. The first kappa shape index (κ1) is 20.3. The summed E-state index contributed by atoms with van der Waals surface area (Å²) in [4.78, 5) is 4.13. The SMILES string of the molecule is CCCOCn1c(C)c(C)c2c(C(C)c3ccc(Cl)nc3)c(F)cc(C#N)c21. The fraction of sp³-hybridized carbons (Fsp3) is 0.364. The summed E-state index contributed by atoms with van der Waals surface area (Å²) in [7, 11) is 0. The summed E-state index contributed by atoms with van der Waals surface area (Å²) < 4.78 is 22.9. The van der Waals surface area contributed by atoms with E-state index in [0.29, 0.717) is 29.6 Å². The van der Waals surface area contributed by atoms with E-state index in [1.54, 1.807) is 12.3 Å². The molecule has 0 saturated carbocycles. The minimum absolute atomic E-state index is 0.245. The Bertz CT molecular complexity index is 1050. The number of ether oxygens (including phenoxy) is 1. The maximum Gasteiger partial charge on any atom is 0.129 e. The molecule has 6 heteroatoms. The van der Waals surface area contributed by atoms with Crippen molar-refractivity contribution in [3.05, 3.63) is 63.3 Å². The highest BCUT2D eigenvalue weighted by atomic mass is 35.5. The van der Waals surface area contributed by atoms with Crippen molar-refractivity contribution >= 4 is 22.5 Å². The predicted molar refractivity (Wildman–Crippen MR) is 109 cm³/mol. The zero-order chi connectivity index (χ0) is 20.4. The lowest BCUT2D eigenvalue weighted by Gasteiger charge is -2.17. The Balaban J connectivity index is 2.26. The molecule has 0 fully saturated rings. The smallest absolute Gasteiger partial charge is 0.129 e. The first-order valence-corrected chi connectivity index (χ1v) is 9.69. The molecular formula is C22H23ClFN3O. The molecule has 1 atom stereocenters. The lowest BCUT2D eigenvalue weighted by molar-refractivity contribution is 0.0791. The molecule has 2 aromatic heterocycles. The van der Waals surface area contributed by atoms with E-state index in [9.17, 15) is 5.26 Å².